The second-order valence-electron chi connectivity index (χ2n) is 8.11. The maximum atomic E-state index is 13.6. The molecule has 0 bridgehead atoms. The number of methoxy groups -OCH3 is 2. The van der Waals surface area contributed by atoms with Gasteiger partial charge in [0.05, 0.1) is 43.4 Å². The number of anilines is 1. The lowest BCUT2D eigenvalue weighted by atomic mass is 10.2. The smallest absolute Gasteiger partial charge is 0.283 e. The molecule has 8 nitrogen and oxygen atoms in total. The Morgan fingerprint density at radius 3 is 2.50 bits per heavy atom. The van der Waals surface area contributed by atoms with Crippen molar-refractivity contribution in [1.29, 1.82) is 0 Å². The topological polar surface area (TPSA) is 80.7 Å². The van der Waals surface area contributed by atoms with Crippen molar-refractivity contribution in [2.24, 2.45) is 4.99 Å². The fourth-order valence-electron chi connectivity index (χ4n) is 3.88. The van der Waals surface area contributed by atoms with Gasteiger partial charge in [-0.3, -0.25) is 14.5 Å². The van der Waals surface area contributed by atoms with Gasteiger partial charge < -0.3 is 19.1 Å². The van der Waals surface area contributed by atoms with E-state index in [1.54, 1.807) is 31.4 Å². The second-order valence-corrected chi connectivity index (χ2v) is 9.69. The van der Waals surface area contributed by atoms with Gasteiger partial charge in [-0.15, -0.1) is 0 Å². The van der Waals surface area contributed by atoms with Crippen molar-refractivity contribution in [3.8, 4) is 11.5 Å². The van der Waals surface area contributed by atoms with Crippen LogP contribution in [0.2, 0.25) is 5.02 Å². The Bertz CT molecular complexity index is 1180. The summed E-state index contributed by atoms with van der Waals surface area (Å²) in [6, 6.07) is 12.5. The quantitative estimate of drug-likeness (QED) is 0.492. The maximum Gasteiger partial charge on any atom is 0.283 e. The van der Waals surface area contributed by atoms with E-state index in [1.165, 1.54) is 23.8 Å². The number of thioether (sulfide) groups is 1. The fourth-order valence-corrected chi connectivity index (χ4v) is 5.25. The Morgan fingerprint density at radius 1 is 1.17 bits per heavy atom. The Labute approximate surface area is 219 Å². The zero-order valence-corrected chi connectivity index (χ0v) is 22.0. The first-order valence-electron chi connectivity index (χ1n) is 11.6. The van der Waals surface area contributed by atoms with Gasteiger partial charge in [-0.05, 0) is 48.4 Å². The number of amides is 2. The lowest BCUT2D eigenvalue weighted by Crippen LogP contribution is -2.45. The first kappa shape index (κ1) is 26.1. The first-order valence-corrected chi connectivity index (χ1v) is 12.9. The summed E-state index contributed by atoms with van der Waals surface area (Å²) >= 11 is 7.66. The number of rotatable bonds is 7. The van der Waals surface area contributed by atoms with Gasteiger partial charge in [-0.2, -0.15) is 0 Å². The van der Waals surface area contributed by atoms with Crippen LogP contribution in [0.15, 0.2) is 53.2 Å². The Morgan fingerprint density at radius 2 is 1.89 bits per heavy atom. The molecule has 190 valence electrons. The molecule has 0 unspecified atom stereocenters. The minimum absolute atomic E-state index is 0.0150. The lowest BCUT2D eigenvalue weighted by Gasteiger charge is -2.30. The summed E-state index contributed by atoms with van der Waals surface area (Å²) in [7, 11) is 3.13. The van der Waals surface area contributed by atoms with Crippen molar-refractivity contribution in [2.45, 2.75) is 18.6 Å². The summed E-state index contributed by atoms with van der Waals surface area (Å²) in [4.78, 5) is 34.8. The molecule has 2 aromatic carbocycles. The highest BCUT2D eigenvalue weighted by Gasteiger charge is 2.36. The van der Waals surface area contributed by atoms with Crippen molar-refractivity contribution in [2.75, 3.05) is 45.4 Å². The van der Waals surface area contributed by atoms with Crippen molar-refractivity contribution < 1.29 is 23.8 Å². The first-order chi connectivity index (χ1) is 17.4. The van der Waals surface area contributed by atoms with Crippen LogP contribution in [0, 0.1) is 0 Å². The number of carbonyl (C=O) groups is 2. The van der Waals surface area contributed by atoms with E-state index >= 15 is 0 Å². The zero-order chi connectivity index (χ0) is 25.7. The number of morpholine rings is 1. The standard InChI is InChI=1S/C26H28ClN3O5S/c1-4-23(25(32)29-11-13-35-14-12-29)36-26-28-21(15-17-5-8-19(33-2)9-6-17)24(31)30(26)18-7-10-22(34-3)20(27)16-18/h5-10,15-16,23H,4,11-14H2,1-3H3/b21-15-/t23-/m0/s1. The number of hydrogen-bond acceptors (Lipinski definition) is 7. The average Bonchev–Trinajstić information content (AvgIpc) is 3.21. The molecule has 0 aliphatic carbocycles. The molecule has 2 amide bonds. The number of benzene rings is 2. The molecular weight excluding hydrogens is 502 g/mol. The number of aliphatic imine (C=N–C) groups is 1. The Kier molecular flexibility index (Phi) is 8.56. The summed E-state index contributed by atoms with van der Waals surface area (Å²) in [6.45, 7) is 4.12. The van der Waals surface area contributed by atoms with Gasteiger partial charge in [-0.1, -0.05) is 42.4 Å². The van der Waals surface area contributed by atoms with Crippen molar-refractivity contribution in [3.05, 3.63) is 58.7 Å². The van der Waals surface area contributed by atoms with Gasteiger partial charge in [0.25, 0.3) is 5.91 Å². The number of carbonyl (C=O) groups excluding carboxylic acids is 2. The van der Waals surface area contributed by atoms with E-state index in [2.05, 4.69) is 4.99 Å². The lowest BCUT2D eigenvalue weighted by molar-refractivity contribution is -0.134. The van der Waals surface area contributed by atoms with Crippen LogP contribution < -0.4 is 14.4 Å². The third kappa shape index (κ3) is 5.69. The van der Waals surface area contributed by atoms with Crippen molar-refractivity contribution in [3.63, 3.8) is 0 Å². The van der Waals surface area contributed by atoms with Crippen LogP contribution in [0.4, 0.5) is 5.69 Å². The third-order valence-electron chi connectivity index (χ3n) is 5.86. The van der Waals surface area contributed by atoms with Crippen LogP contribution in [-0.2, 0) is 14.3 Å². The summed E-state index contributed by atoms with van der Waals surface area (Å²) in [5, 5.41) is 0.400. The summed E-state index contributed by atoms with van der Waals surface area (Å²) < 4.78 is 15.9. The van der Waals surface area contributed by atoms with E-state index in [9.17, 15) is 9.59 Å². The molecule has 0 N–H and O–H groups in total. The van der Waals surface area contributed by atoms with Gasteiger partial charge in [-0.25, -0.2) is 4.99 Å². The number of amidine groups is 1. The van der Waals surface area contributed by atoms with Crippen molar-refractivity contribution >= 4 is 52.1 Å². The fraction of sp³-hybridized carbons (Fsp3) is 0.346. The van der Waals surface area contributed by atoms with Crippen LogP contribution in [0.25, 0.3) is 6.08 Å². The predicted octanol–water partition coefficient (Wildman–Crippen LogP) is 4.47. The molecule has 4 rings (SSSR count). The van der Waals surface area contributed by atoms with E-state index in [1.807, 2.05) is 36.1 Å². The van der Waals surface area contributed by atoms with Crippen LogP contribution in [0.1, 0.15) is 18.9 Å². The molecule has 1 saturated heterocycles. The molecule has 0 aromatic heterocycles. The highest BCUT2D eigenvalue weighted by atomic mass is 35.5. The largest absolute Gasteiger partial charge is 0.497 e. The third-order valence-corrected chi connectivity index (χ3v) is 7.46. The van der Waals surface area contributed by atoms with Crippen LogP contribution >= 0.6 is 23.4 Å². The zero-order valence-electron chi connectivity index (χ0n) is 20.4. The van der Waals surface area contributed by atoms with Gasteiger partial charge in [0, 0.05) is 13.1 Å². The summed E-state index contributed by atoms with van der Waals surface area (Å²) in [5.74, 6) is 0.933. The summed E-state index contributed by atoms with van der Waals surface area (Å²) in [5.41, 5.74) is 1.62. The summed E-state index contributed by atoms with van der Waals surface area (Å²) in [6.07, 6.45) is 2.31. The van der Waals surface area contributed by atoms with E-state index < -0.39 is 5.25 Å². The molecular formula is C26H28ClN3O5S. The minimum atomic E-state index is -0.397. The maximum absolute atomic E-state index is 13.6. The molecule has 1 atom stereocenters. The van der Waals surface area contributed by atoms with Crippen LogP contribution in [-0.4, -0.2) is 67.7 Å². The van der Waals surface area contributed by atoms with Crippen LogP contribution in [0.5, 0.6) is 11.5 Å². The minimum Gasteiger partial charge on any atom is -0.497 e. The predicted molar refractivity (Wildman–Crippen MR) is 143 cm³/mol. The monoisotopic (exact) mass is 529 g/mol. The second kappa shape index (κ2) is 11.8. The molecule has 1 fully saturated rings. The van der Waals surface area contributed by atoms with Gasteiger partial charge in [0.15, 0.2) is 5.17 Å². The molecule has 2 aliphatic rings. The number of nitrogens with zero attached hydrogens (tertiary/aromatic N) is 3. The Hall–Kier alpha value is -3.01. The van der Waals surface area contributed by atoms with Crippen LogP contribution in [0.3, 0.4) is 0 Å². The van der Waals surface area contributed by atoms with Gasteiger partial charge >= 0.3 is 0 Å². The molecule has 2 aliphatic heterocycles. The SMILES string of the molecule is CC[C@H](SC1=N/C(=C\c2ccc(OC)cc2)C(=O)N1c1ccc(OC)c(Cl)c1)C(=O)N1CCOCC1. The van der Waals surface area contributed by atoms with Gasteiger partial charge in [0.2, 0.25) is 5.91 Å². The molecule has 10 heteroatoms. The molecule has 0 saturated carbocycles. The molecule has 0 spiro atoms. The normalized spacial score (nSPS) is 17.8. The highest BCUT2D eigenvalue weighted by molar-refractivity contribution is 8.15. The van der Waals surface area contributed by atoms with E-state index in [0.717, 1.165) is 11.3 Å². The van der Waals surface area contributed by atoms with E-state index in [4.69, 9.17) is 25.8 Å². The highest BCUT2D eigenvalue weighted by Crippen LogP contribution is 2.36. The number of hydrogen-bond donors (Lipinski definition) is 0. The molecule has 0 radical (unpaired) electrons. The molecule has 36 heavy (non-hydrogen) atoms. The Balaban J connectivity index is 1.68. The number of halogens is 1. The van der Waals surface area contributed by atoms with E-state index in [0.29, 0.717) is 54.4 Å². The van der Waals surface area contributed by atoms with E-state index in [-0.39, 0.29) is 17.5 Å². The average molecular weight is 530 g/mol. The molecule has 2 heterocycles. The van der Waals surface area contributed by atoms with Crippen molar-refractivity contribution in [1.82, 2.24) is 4.90 Å². The molecule has 2 aromatic rings. The van der Waals surface area contributed by atoms with Gasteiger partial charge in [0.1, 0.15) is 17.2 Å². The number of ether oxygens (including phenoxy) is 3.